The number of rotatable bonds is 3. The van der Waals surface area contributed by atoms with Crippen molar-refractivity contribution in [3.63, 3.8) is 0 Å². The van der Waals surface area contributed by atoms with E-state index in [-0.39, 0.29) is 23.0 Å². The van der Waals surface area contributed by atoms with Crippen molar-refractivity contribution < 1.29 is 65.8 Å². The number of aromatic hydroxyl groups is 10. The summed E-state index contributed by atoms with van der Waals surface area (Å²) in [7, 11) is 0. The topological polar surface area (TPSA) is 332 Å². The van der Waals surface area contributed by atoms with Crippen molar-refractivity contribution in [2.75, 3.05) is 0 Å². The number of phenolic OH excluding ortho intramolecular Hbond substituents is 10. The lowest BCUT2D eigenvalue weighted by Gasteiger charge is -1.99. The van der Waals surface area contributed by atoms with Gasteiger partial charge >= 0.3 is 17.1 Å². The Morgan fingerprint density at radius 2 is 0.750 bits per heavy atom. The smallest absolute Gasteiger partial charge is 0.351 e. The molecular weight excluding hydrogens is 694 g/mol. The van der Waals surface area contributed by atoms with Crippen molar-refractivity contribution in [2.45, 2.75) is 20.8 Å². The first kappa shape index (κ1) is 42.3. The van der Waals surface area contributed by atoms with Crippen molar-refractivity contribution in [2.24, 2.45) is 0 Å². The molecule has 0 unspecified atom stereocenters. The second kappa shape index (κ2) is 19.3. The minimum absolute atomic E-state index is 0.0602. The molecule has 5 aromatic rings. The van der Waals surface area contributed by atoms with Gasteiger partial charge in [-0.25, -0.2) is 0 Å². The van der Waals surface area contributed by atoms with Gasteiger partial charge in [-0.15, -0.1) is 0 Å². The minimum atomic E-state index is -0.843. The number of hydrogen-bond donors (Lipinski definition) is 10. The van der Waals surface area contributed by atoms with Gasteiger partial charge in [-0.1, -0.05) is 24.3 Å². The van der Waals surface area contributed by atoms with Crippen LogP contribution in [-0.4, -0.2) is 65.8 Å². The van der Waals surface area contributed by atoms with Crippen LogP contribution in [-0.2, 0) is 0 Å². The molecule has 0 aliphatic heterocycles. The molecule has 276 valence electrons. The molecule has 5 rings (SSSR count). The number of phenols is 10. The summed E-state index contributed by atoms with van der Waals surface area (Å²) >= 11 is 0. The predicted molar refractivity (Wildman–Crippen MR) is 183 cm³/mol. The molecular formula is C33H33N3O16. The van der Waals surface area contributed by atoms with E-state index in [0.29, 0.717) is 11.1 Å². The van der Waals surface area contributed by atoms with Crippen LogP contribution < -0.4 is 0 Å². The maximum absolute atomic E-state index is 10.3. The van der Waals surface area contributed by atoms with E-state index in [0.717, 1.165) is 17.7 Å². The number of aryl methyl sites for hydroxylation is 3. The fourth-order valence-electron chi connectivity index (χ4n) is 3.61. The normalized spacial score (nSPS) is 9.52. The van der Waals surface area contributed by atoms with E-state index in [1.807, 2.05) is 6.92 Å². The third-order valence-electron chi connectivity index (χ3n) is 6.00. The average Bonchev–Trinajstić information content (AvgIpc) is 3.02. The van der Waals surface area contributed by atoms with Crippen LogP contribution in [0, 0.1) is 51.1 Å². The van der Waals surface area contributed by atoms with Gasteiger partial charge in [0.05, 0.1) is 14.8 Å². The molecule has 0 aliphatic rings. The Labute approximate surface area is 293 Å². The van der Waals surface area contributed by atoms with Crippen LogP contribution in [0.3, 0.4) is 0 Å². The summed E-state index contributed by atoms with van der Waals surface area (Å²) in [6.45, 7) is 5.05. The van der Waals surface area contributed by atoms with Crippen molar-refractivity contribution in [1.29, 1.82) is 0 Å². The van der Waals surface area contributed by atoms with Crippen molar-refractivity contribution in [1.82, 2.24) is 0 Å². The highest BCUT2D eigenvalue weighted by Gasteiger charge is 2.20. The van der Waals surface area contributed by atoms with E-state index in [4.69, 9.17) is 51.1 Å². The summed E-state index contributed by atoms with van der Waals surface area (Å²) in [5.74, 6) is -3.54. The van der Waals surface area contributed by atoms with Gasteiger partial charge in [0, 0.05) is 6.07 Å². The van der Waals surface area contributed by atoms with Gasteiger partial charge < -0.3 is 51.1 Å². The van der Waals surface area contributed by atoms with Crippen LogP contribution in [0.5, 0.6) is 57.5 Å². The summed E-state index contributed by atoms with van der Waals surface area (Å²) in [6, 6.07) is 19.3. The quantitative estimate of drug-likeness (QED) is 0.0566. The van der Waals surface area contributed by atoms with Gasteiger partial charge in [-0.05, 0) is 92.1 Å². The lowest BCUT2D eigenvalue weighted by molar-refractivity contribution is -0.387. The number of hydrogen-bond acceptors (Lipinski definition) is 16. The molecule has 0 fully saturated rings. The molecule has 0 amide bonds. The maximum Gasteiger partial charge on any atom is 0.351 e. The van der Waals surface area contributed by atoms with E-state index in [9.17, 15) is 30.3 Å². The Hall–Kier alpha value is -7.70. The fraction of sp³-hybridized carbons (Fsp3) is 0.0909. The van der Waals surface area contributed by atoms with Crippen LogP contribution >= 0.6 is 0 Å². The first-order valence-electron chi connectivity index (χ1n) is 14.1. The van der Waals surface area contributed by atoms with Gasteiger partial charge in [0.1, 0.15) is 0 Å². The van der Waals surface area contributed by atoms with Crippen LogP contribution in [0.4, 0.5) is 17.1 Å². The molecule has 0 heterocycles. The number of benzene rings is 5. The Bertz CT molecular complexity index is 1970. The summed E-state index contributed by atoms with van der Waals surface area (Å²) in [4.78, 5) is 28.2. The van der Waals surface area contributed by atoms with E-state index < -0.39 is 66.3 Å². The molecule has 0 radical (unpaired) electrons. The summed E-state index contributed by atoms with van der Waals surface area (Å²) in [5, 5.41) is 119. The Balaban J connectivity index is 0.000000327. The highest BCUT2D eigenvalue weighted by atomic mass is 16.6. The molecule has 19 heteroatoms. The van der Waals surface area contributed by atoms with Gasteiger partial charge in [0.25, 0.3) is 0 Å². The lowest BCUT2D eigenvalue weighted by Crippen LogP contribution is -1.89. The summed E-state index contributed by atoms with van der Waals surface area (Å²) in [5.41, 5.74) is 0.235. The predicted octanol–water partition coefficient (Wildman–Crippen LogP) is 6.14. The van der Waals surface area contributed by atoms with Gasteiger partial charge in [-0.2, -0.15) is 0 Å². The third kappa shape index (κ3) is 13.1. The molecule has 0 bridgehead atoms. The summed E-state index contributed by atoms with van der Waals surface area (Å²) in [6.07, 6.45) is 0. The third-order valence-corrected chi connectivity index (χ3v) is 6.00. The first-order chi connectivity index (χ1) is 24.2. The number of nitro benzene ring substituents is 3. The first-order valence-corrected chi connectivity index (χ1v) is 14.1. The highest BCUT2D eigenvalue weighted by Crippen LogP contribution is 2.37. The van der Waals surface area contributed by atoms with Crippen LogP contribution in [0.25, 0.3) is 0 Å². The minimum Gasteiger partial charge on any atom is -0.504 e. The Morgan fingerprint density at radius 3 is 1.12 bits per heavy atom. The zero-order valence-corrected chi connectivity index (χ0v) is 27.3. The van der Waals surface area contributed by atoms with E-state index >= 15 is 0 Å². The molecule has 0 spiro atoms. The molecule has 19 nitrogen and oxygen atoms in total. The molecule has 52 heavy (non-hydrogen) atoms. The van der Waals surface area contributed by atoms with Crippen molar-refractivity contribution in [3.05, 3.63) is 132 Å². The van der Waals surface area contributed by atoms with E-state index in [1.54, 1.807) is 32.0 Å². The lowest BCUT2D eigenvalue weighted by atomic mass is 10.2. The Kier molecular flexibility index (Phi) is 15.7. The molecule has 0 atom stereocenters. The molecule has 0 aliphatic carbocycles. The maximum atomic E-state index is 10.3. The summed E-state index contributed by atoms with van der Waals surface area (Å²) < 4.78 is 0. The van der Waals surface area contributed by atoms with Gasteiger partial charge in [0.15, 0.2) is 51.7 Å². The van der Waals surface area contributed by atoms with E-state index in [1.165, 1.54) is 54.6 Å². The molecule has 0 aromatic heterocycles. The zero-order chi connectivity index (χ0) is 39.9. The van der Waals surface area contributed by atoms with E-state index in [2.05, 4.69) is 0 Å². The molecule has 10 N–H and O–H groups in total. The average molecular weight is 728 g/mol. The van der Waals surface area contributed by atoms with Crippen molar-refractivity contribution in [3.8, 4) is 57.5 Å². The largest absolute Gasteiger partial charge is 0.504 e. The number of para-hydroxylation sites is 3. The van der Waals surface area contributed by atoms with Crippen LogP contribution in [0.15, 0.2) is 84.9 Å². The van der Waals surface area contributed by atoms with Crippen LogP contribution in [0.1, 0.15) is 16.7 Å². The van der Waals surface area contributed by atoms with Crippen LogP contribution in [0.2, 0.25) is 0 Å². The fourth-order valence-corrected chi connectivity index (χ4v) is 3.61. The number of nitro groups is 3. The molecule has 0 saturated heterocycles. The second-order valence-corrected chi connectivity index (χ2v) is 10.2. The SMILES string of the molecule is Cc1cc(O)c(O)c([N+](=O)[O-])c1.Cc1cc(O)c([N+](=O)[O-])c(O)c1.Cc1ccc(O)c(O)c1.O=[N+]([O-])c1c(O)cccc1O.Oc1ccccc1O. The molecule has 5 aromatic carbocycles. The monoisotopic (exact) mass is 727 g/mol. The molecule has 0 saturated carbocycles. The second-order valence-electron chi connectivity index (χ2n) is 10.2. The number of nitrogens with zero attached hydrogens (tertiary/aromatic N) is 3. The highest BCUT2D eigenvalue weighted by molar-refractivity contribution is 5.58. The van der Waals surface area contributed by atoms with Crippen molar-refractivity contribution >= 4 is 17.1 Å². The standard InChI is InChI=1S/2C7H7NO4.C7H8O2.C6H5NO4.C6H6O2/c1-4-2-5(9)7(8(11)12)6(10)3-4;1-4-2-5(8(11)12)7(10)6(9)3-4;1-5-2-3-6(8)7(9)4-5;8-4-2-1-3-5(9)6(4)7(10)11;7-5-3-1-2-4-6(5)8/h2*2-3,9-10H,1H3;2-4,8-9H,1H3;1-3,8-9H;1-4,7-8H. The van der Waals surface area contributed by atoms with Gasteiger partial charge in [-0.3, -0.25) is 30.3 Å². The Morgan fingerprint density at radius 1 is 0.385 bits per heavy atom. The van der Waals surface area contributed by atoms with Gasteiger partial charge in [0.2, 0.25) is 5.75 Å². The zero-order valence-electron chi connectivity index (χ0n) is 27.3.